The SMILES string of the molecule is CC(C)(N)CC(=O)Nc1ccc(C#N)c(C#N)c1. The van der Waals surface area contributed by atoms with Gasteiger partial charge in [-0.15, -0.1) is 0 Å². The standard InChI is InChI=1S/C13H14N4O/c1-13(2,16)6-12(18)17-11-4-3-9(7-14)10(5-11)8-15/h3-5H,6,16H2,1-2H3,(H,17,18). The first-order chi connectivity index (χ1) is 8.35. The van der Waals surface area contributed by atoms with Gasteiger partial charge in [0.25, 0.3) is 0 Å². The molecule has 0 radical (unpaired) electrons. The highest BCUT2D eigenvalue weighted by molar-refractivity contribution is 5.91. The van der Waals surface area contributed by atoms with E-state index in [1.807, 2.05) is 12.1 Å². The number of nitrogens with two attached hydrogens (primary N) is 1. The lowest BCUT2D eigenvalue weighted by molar-refractivity contribution is -0.117. The fraction of sp³-hybridized carbons (Fsp3) is 0.308. The molecule has 0 unspecified atom stereocenters. The van der Waals surface area contributed by atoms with Crippen LogP contribution in [0, 0.1) is 22.7 Å². The van der Waals surface area contributed by atoms with Gasteiger partial charge in [-0.1, -0.05) is 0 Å². The van der Waals surface area contributed by atoms with Gasteiger partial charge in [-0.3, -0.25) is 4.79 Å². The number of carbonyl (C=O) groups is 1. The summed E-state index contributed by atoms with van der Waals surface area (Å²) in [5.74, 6) is -0.226. The number of benzene rings is 1. The zero-order chi connectivity index (χ0) is 13.8. The van der Waals surface area contributed by atoms with Crippen molar-refractivity contribution in [2.75, 3.05) is 5.32 Å². The number of nitrogens with one attached hydrogen (secondary N) is 1. The second kappa shape index (κ2) is 5.31. The average molecular weight is 242 g/mol. The number of nitrogens with zero attached hydrogens (tertiary/aromatic N) is 2. The van der Waals surface area contributed by atoms with Crippen LogP contribution < -0.4 is 11.1 Å². The maximum Gasteiger partial charge on any atom is 0.226 e. The summed E-state index contributed by atoms with van der Waals surface area (Å²) in [5, 5.41) is 20.3. The van der Waals surface area contributed by atoms with Crippen molar-refractivity contribution in [2.24, 2.45) is 5.73 Å². The first kappa shape index (κ1) is 13.7. The highest BCUT2D eigenvalue weighted by Gasteiger charge is 2.16. The molecule has 1 aromatic rings. The molecule has 18 heavy (non-hydrogen) atoms. The second-order valence-electron chi connectivity index (χ2n) is 4.70. The molecule has 0 aliphatic rings. The van der Waals surface area contributed by atoms with Crippen LogP contribution >= 0.6 is 0 Å². The van der Waals surface area contributed by atoms with Crippen molar-refractivity contribution in [1.29, 1.82) is 10.5 Å². The van der Waals surface area contributed by atoms with Crippen LogP contribution in [0.1, 0.15) is 31.4 Å². The van der Waals surface area contributed by atoms with Crippen LogP contribution in [0.25, 0.3) is 0 Å². The molecule has 1 aromatic carbocycles. The van der Waals surface area contributed by atoms with E-state index in [-0.39, 0.29) is 23.5 Å². The predicted molar refractivity (Wildman–Crippen MR) is 67.4 cm³/mol. The molecule has 5 nitrogen and oxygen atoms in total. The van der Waals surface area contributed by atoms with Crippen LogP contribution in [-0.2, 0) is 4.79 Å². The molecule has 0 heterocycles. The largest absolute Gasteiger partial charge is 0.326 e. The van der Waals surface area contributed by atoms with E-state index >= 15 is 0 Å². The summed E-state index contributed by atoms with van der Waals surface area (Å²) in [6, 6.07) is 8.38. The van der Waals surface area contributed by atoms with Gasteiger partial charge in [0.05, 0.1) is 11.1 Å². The minimum atomic E-state index is -0.589. The Labute approximate surface area is 106 Å². The van der Waals surface area contributed by atoms with Gasteiger partial charge in [0, 0.05) is 17.6 Å². The summed E-state index contributed by atoms with van der Waals surface area (Å²) in [6.07, 6.45) is 0.175. The van der Waals surface area contributed by atoms with Gasteiger partial charge in [0.15, 0.2) is 0 Å². The van der Waals surface area contributed by atoms with Crippen LogP contribution in [0.2, 0.25) is 0 Å². The zero-order valence-electron chi connectivity index (χ0n) is 10.3. The number of carbonyl (C=O) groups excluding carboxylic acids is 1. The summed E-state index contributed by atoms with van der Waals surface area (Å²) in [5.41, 5.74) is 6.16. The van der Waals surface area contributed by atoms with Gasteiger partial charge in [-0.25, -0.2) is 0 Å². The first-order valence-electron chi connectivity index (χ1n) is 5.39. The van der Waals surface area contributed by atoms with Gasteiger partial charge in [0.2, 0.25) is 5.91 Å². The Morgan fingerprint density at radius 3 is 2.44 bits per heavy atom. The predicted octanol–water partition coefficient (Wildman–Crippen LogP) is 1.50. The zero-order valence-corrected chi connectivity index (χ0v) is 10.3. The lowest BCUT2D eigenvalue weighted by atomic mass is 10.0. The van der Waals surface area contributed by atoms with E-state index in [2.05, 4.69) is 5.32 Å². The fourth-order valence-electron chi connectivity index (χ4n) is 1.43. The smallest absolute Gasteiger partial charge is 0.226 e. The number of nitriles is 2. The van der Waals surface area contributed by atoms with E-state index < -0.39 is 5.54 Å². The summed E-state index contributed by atoms with van der Waals surface area (Å²) in [7, 11) is 0. The Kier molecular flexibility index (Phi) is 4.04. The summed E-state index contributed by atoms with van der Waals surface area (Å²) in [4.78, 5) is 11.6. The summed E-state index contributed by atoms with van der Waals surface area (Å²) < 4.78 is 0. The maximum absolute atomic E-state index is 11.6. The number of hydrogen-bond donors (Lipinski definition) is 2. The van der Waals surface area contributed by atoms with Crippen LogP contribution in [0.4, 0.5) is 5.69 Å². The normalized spacial score (nSPS) is 10.3. The van der Waals surface area contributed by atoms with Crippen LogP contribution in [-0.4, -0.2) is 11.4 Å². The first-order valence-corrected chi connectivity index (χ1v) is 5.39. The molecular weight excluding hydrogens is 228 g/mol. The molecule has 0 aromatic heterocycles. The van der Waals surface area contributed by atoms with Crippen LogP contribution in [0.15, 0.2) is 18.2 Å². The molecule has 0 spiro atoms. The van der Waals surface area contributed by atoms with Crippen LogP contribution in [0.5, 0.6) is 0 Å². The van der Waals surface area contributed by atoms with Crippen molar-refractivity contribution in [3.63, 3.8) is 0 Å². The minimum Gasteiger partial charge on any atom is -0.326 e. The van der Waals surface area contributed by atoms with E-state index in [0.717, 1.165) is 0 Å². The number of anilines is 1. The van der Waals surface area contributed by atoms with Crippen molar-refractivity contribution >= 4 is 11.6 Å². The monoisotopic (exact) mass is 242 g/mol. The Morgan fingerprint density at radius 2 is 1.94 bits per heavy atom. The quantitative estimate of drug-likeness (QED) is 0.838. The van der Waals surface area contributed by atoms with Gasteiger partial charge in [0.1, 0.15) is 12.1 Å². The molecule has 0 atom stereocenters. The van der Waals surface area contributed by atoms with E-state index in [0.29, 0.717) is 5.69 Å². The van der Waals surface area contributed by atoms with E-state index in [9.17, 15) is 4.79 Å². The molecule has 0 aliphatic heterocycles. The summed E-state index contributed by atoms with van der Waals surface area (Å²) in [6.45, 7) is 3.51. The number of hydrogen-bond acceptors (Lipinski definition) is 4. The Hall–Kier alpha value is -2.37. The highest BCUT2D eigenvalue weighted by atomic mass is 16.1. The molecule has 0 bridgehead atoms. The van der Waals surface area contributed by atoms with Crippen molar-refractivity contribution in [1.82, 2.24) is 0 Å². The molecule has 1 rings (SSSR count). The van der Waals surface area contributed by atoms with Crippen LogP contribution in [0.3, 0.4) is 0 Å². The van der Waals surface area contributed by atoms with E-state index in [4.69, 9.17) is 16.3 Å². The fourth-order valence-corrected chi connectivity index (χ4v) is 1.43. The van der Waals surface area contributed by atoms with Gasteiger partial charge in [-0.05, 0) is 32.0 Å². The van der Waals surface area contributed by atoms with Gasteiger partial charge >= 0.3 is 0 Å². The Balaban J connectivity index is 2.85. The third kappa shape index (κ3) is 3.89. The molecule has 0 aliphatic carbocycles. The molecule has 5 heteroatoms. The second-order valence-corrected chi connectivity index (χ2v) is 4.70. The number of rotatable bonds is 3. The molecular formula is C13H14N4O. The lowest BCUT2D eigenvalue weighted by Crippen LogP contribution is -2.36. The Bertz CT molecular complexity index is 544. The summed E-state index contributed by atoms with van der Waals surface area (Å²) >= 11 is 0. The molecule has 1 amide bonds. The average Bonchev–Trinajstić information content (AvgIpc) is 2.26. The lowest BCUT2D eigenvalue weighted by Gasteiger charge is -2.17. The van der Waals surface area contributed by atoms with Crippen molar-refractivity contribution in [2.45, 2.75) is 25.8 Å². The van der Waals surface area contributed by atoms with Crippen molar-refractivity contribution in [3.8, 4) is 12.1 Å². The highest BCUT2D eigenvalue weighted by Crippen LogP contribution is 2.15. The molecule has 0 fully saturated rings. The van der Waals surface area contributed by atoms with Gasteiger partial charge in [-0.2, -0.15) is 10.5 Å². The molecule has 92 valence electrons. The van der Waals surface area contributed by atoms with E-state index in [1.165, 1.54) is 12.1 Å². The van der Waals surface area contributed by atoms with Crippen molar-refractivity contribution < 1.29 is 4.79 Å². The molecule has 0 saturated carbocycles. The Morgan fingerprint density at radius 1 is 1.33 bits per heavy atom. The molecule has 0 saturated heterocycles. The van der Waals surface area contributed by atoms with E-state index in [1.54, 1.807) is 19.9 Å². The minimum absolute atomic E-state index is 0.175. The molecule has 3 N–H and O–H groups in total. The van der Waals surface area contributed by atoms with Gasteiger partial charge < -0.3 is 11.1 Å². The number of amides is 1. The third-order valence-corrected chi connectivity index (χ3v) is 2.16. The third-order valence-electron chi connectivity index (χ3n) is 2.16. The maximum atomic E-state index is 11.6. The topological polar surface area (TPSA) is 103 Å². The van der Waals surface area contributed by atoms with Crippen molar-refractivity contribution in [3.05, 3.63) is 29.3 Å².